The molecule has 3 aromatic rings. The lowest BCUT2D eigenvalue weighted by atomic mass is 9.87. The SMILES string of the molecule is C[C@H]1CC[C@H](n2cc(NC(=O)c3csc4ccc(N5C[C@@H]6C[C@H]5CO6)nc34)c(C(F)F)n2)CC1. The number of pyridine rings is 1. The third kappa shape index (κ3) is 3.86. The summed E-state index contributed by atoms with van der Waals surface area (Å²) in [6.07, 6.45) is 3.95. The first-order valence-corrected chi connectivity index (χ1v) is 12.8. The fraction of sp³-hybridized carbons (Fsp3) is 0.542. The Morgan fingerprint density at radius 1 is 1.24 bits per heavy atom. The number of carbonyl (C=O) groups excluding carboxylic acids is 1. The number of hydrogen-bond donors (Lipinski definition) is 1. The van der Waals surface area contributed by atoms with E-state index in [0.29, 0.717) is 29.6 Å². The number of rotatable bonds is 5. The number of nitrogens with one attached hydrogen (secondary N) is 1. The van der Waals surface area contributed by atoms with E-state index in [1.807, 2.05) is 12.1 Å². The maximum Gasteiger partial charge on any atom is 0.284 e. The molecule has 2 atom stereocenters. The third-order valence-corrected chi connectivity index (χ3v) is 8.35. The molecule has 2 saturated heterocycles. The molecule has 0 unspecified atom stereocenters. The Balaban J connectivity index is 1.26. The van der Waals surface area contributed by atoms with Crippen molar-refractivity contribution in [3.05, 3.63) is 35.0 Å². The Bertz CT molecular complexity index is 1220. The van der Waals surface area contributed by atoms with Crippen LogP contribution in [0.2, 0.25) is 0 Å². The molecule has 1 saturated carbocycles. The molecule has 180 valence electrons. The van der Waals surface area contributed by atoms with Crippen LogP contribution in [0.15, 0.2) is 23.7 Å². The number of ether oxygens (including phenoxy) is 1. The molecule has 2 bridgehead atoms. The lowest BCUT2D eigenvalue weighted by Crippen LogP contribution is -2.37. The zero-order valence-electron chi connectivity index (χ0n) is 18.9. The number of hydrogen-bond acceptors (Lipinski definition) is 6. The predicted molar refractivity (Wildman–Crippen MR) is 127 cm³/mol. The molecular weight excluding hydrogens is 460 g/mol. The second-order valence-electron chi connectivity index (χ2n) is 9.74. The van der Waals surface area contributed by atoms with Crippen LogP contribution in [0.1, 0.15) is 67.5 Å². The minimum absolute atomic E-state index is 0.0723. The molecule has 34 heavy (non-hydrogen) atoms. The molecule has 1 aliphatic carbocycles. The molecule has 3 fully saturated rings. The molecule has 5 heterocycles. The number of halogens is 2. The maximum absolute atomic E-state index is 13.8. The fourth-order valence-corrected chi connectivity index (χ4v) is 6.33. The van der Waals surface area contributed by atoms with Gasteiger partial charge in [-0.25, -0.2) is 13.8 Å². The van der Waals surface area contributed by atoms with E-state index in [-0.39, 0.29) is 23.5 Å². The normalized spacial score (nSPS) is 26.6. The number of fused-ring (bicyclic) bond motifs is 3. The number of morpholine rings is 1. The van der Waals surface area contributed by atoms with Gasteiger partial charge in [-0.3, -0.25) is 9.48 Å². The number of carbonyl (C=O) groups is 1. The van der Waals surface area contributed by atoms with Crippen LogP contribution in [-0.4, -0.2) is 46.0 Å². The molecule has 1 N–H and O–H groups in total. The van der Waals surface area contributed by atoms with Crippen molar-refractivity contribution >= 4 is 39.0 Å². The summed E-state index contributed by atoms with van der Waals surface area (Å²) in [7, 11) is 0. The first-order chi connectivity index (χ1) is 16.5. The summed E-state index contributed by atoms with van der Waals surface area (Å²) in [4.78, 5) is 20.2. The van der Waals surface area contributed by atoms with E-state index >= 15 is 0 Å². The predicted octanol–water partition coefficient (Wildman–Crippen LogP) is 5.41. The molecule has 0 aromatic carbocycles. The summed E-state index contributed by atoms with van der Waals surface area (Å²) in [5.74, 6) is 1.03. The molecular formula is C24H27F2N5O2S. The Labute approximate surface area is 200 Å². The molecule has 1 amide bonds. The van der Waals surface area contributed by atoms with Gasteiger partial charge in [-0.2, -0.15) is 5.10 Å². The number of anilines is 2. The first kappa shape index (κ1) is 21.9. The quantitative estimate of drug-likeness (QED) is 0.521. The number of alkyl halides is 2. The van der Waals surface area contributed by atoms with Crippen LogP contribution in [0.3, 0.4) is 0 Å². The highest BCUT2D eigenvalue weighted by molar-refractivity contribution is 7.17. The van der Waals surface area contributed by atoms with Crippen molar-refractivity contribution < 1.29 is 18.3 Å². The second kappa shape index (κ2) is 8.57. The smallest absolute Gasteiger partial charge is 0.284 e. The topological polar surface area (TPSA) is 72.3 Å². The highest BCUT2D eigenvalue weighted by Crippen LogP contribution is 2.36. The lowest BCUT2D eigenvalue weighted by molar-refractivity contribution is 0.0988. The van der Waals surface area contributed by atoms with E-state index in [1.54, 1.807) is 16.3 Å². The van der Waals surface area contributed by atoms with Gasteiger partial charge in [-0.05, 0) is 50.2 Å². The van der Waals surface area contributed by atoms with Gasteiger partial charge in [0.15, 0.2) is 5.69 Å². The fourth-order valence-electron chi connectivity index (χ4n) is 5.45. The average Bonchev–Trinajstić information content (AvgIpc) is 3.61. The van der Waals surface area contributed by atoms with Gasteiger partial charge in [-0.1, -0.05) is 6.92 Å². The van der Waals surface area contributed by atoms with Gasteiger partial charge in [0, 0.05) is 18.1 Å². The highest BCUT2D eigenvalue weighted by Gasteiger charge is 2.39. The molecule has 10 heteroatoms. The van der Waals surface area contributed by atoms with E-state index in [0.717, 1.165) is 49.2 Å². The monoisotopic (exact) mass is 487 g/mol. The van der Waals surface area contributed by atoms with Gasteiger partial charge >= 0.3 is 0 Å². The molecule has 3 aromatic heterocycles. The van der Waals surface area contributed by atoms with Crippen molar-refractivity contribution in [2.75, 3.05) is 23.4 Å². The van der Waals surface area contributed by atoms with Crippen molar-refractivity contribution in [3.63, 3.8) is 0 Å². The molecule has 3 aliphatic rings. The number of amides is 1. The number of thiophene rings is 1. The van der Waals surface area contributed by atoms with Gasteiger partial charge in [0.1, 0.15) is 5.82 Å². The van der Waals surface area contributed by atoms with Crippen LogP contribution in [0.4, 0.5) is 20.3 Å². The Morgan fingerprint density at radius 2 is 2.06 bits per heavy atom. The van der Waals surface area contributed by atoms with Crippen LogP contribution < -0.4 is 10.2 Å². The molecule has 0 spiro atoms. The highest BCUT2D eigenvalue weighted by atomic mass is 32.1. The lowest BCUT2D eigenvalue weighted by Gasteiger charge is -2.27. The van der Waals surface area contributed by atoms with Crippen molar-refractivity contribution in [1.29, 1.82) is 0 Å². The van der Waals surface area contributed by atoms with E-state index in [9.17, 15) is 13.6 Å². The zero-order chi connectivity index (χ0) is 23.4. The van der Waals surface area contributed by atoms with E-state index in [4.69, 9.17) is 9.72 Å². The van der Waals surface area contributed by atoms with Crippen LogP contribution in [0, 0.1) is 5.92 Å². The standard InChI is InChI=1S/C24H27F2N5O2S/c1-13-2-4-14(5-3-13)31-10-18(22(29-31)23(25)26)27-24(32)17-12-34-19-6-7-20(28-21(17)19)30-9-16-8-15(30)11-33-16/h6-7,10,12-16,23H,2-5,8-9,11H2,1H3,(H,27,32)/t13-,14-,15-,16-/m0/s1. The Morgan fingerprint density at radius 3 is 2.76 bits per heavy atom. The van der Waals surface area contributed by atoms with Crippen LogP contribution in [-0.2, 0) is 4.74 Å². The number of nitrogens with zero attached hydrogens (tertiary/aromatic N) is 4. The van der Waals surface area contributed by atoms with Crippen molar-refractivity contribution in [1.82, 2.24) is 14.8 Å². The van der Waals surface area contributed by atoms with E-state index < -0.39 is 12.3 Å². The maximum atomic E-state index is 13.8. The van der Waals surface area contributed by atoms with Crippen molar-refractivity contribution in [3.8, 4) is 0 Å². The summed E-state index contributed by atoms with van der Waals surface area (Å²) in [6, 6.07) is 4.35. The Hall–Kier alpha value is -2.59. The van der Waals surface area contributed by atoms with Gasteiger partial charge in [0.25, 0.3) is 12.3 Å². The van der Waals surface area contributed by atoms with Crippen LogP contribution >= 0.6 is 11.3 Å². The van der Waals surface area contributed by atoms with Gasteiger partial charge < -0.3 is 15.0 Å². The summed E-state index contributed by atoms with van der Waals surface area (Å²) in [6.45, 7) is 3.70. The molecule has 2 aliphatic heterocycles. The molecule has 0 radical (unpaired) electrons. The van der Waals surface area contributed by atoms with Gasteiger partial charge in [0.2, 0.25) is 0 Å². The average molecular weight is 488 g/mol. The largest absolute Gasteiger partial charge is 0.374 e. The van der Waals surface area contributed by atoms with Crippen molar-refractivity contribution in [2.45, 2.75) is 63.6 Å². The van der Waals surface area contributed by atoms with Gasteiger partial charge in [0.05, 0.1) is 46.3 Å². The van der Waals surface area contributed by atoms with E-state index in [1.165, 1.54) is 11.3 Å². The zero-order valence-corrected chi connectivity index (χ0v) is 19.7. The third-order valence-electron chi connectivity index (χ3n) is 7.42. The first-order valence-electron chi connectivity index (χ1n) is 11.9. The molecule has 7 nitrogen and oxygen atoms in total. The van der Waals surface area contributed by atoms with E-state index in [2.05, 4.69) is 22.2 Å². The number of aromatic nitrogens is 3. The summed E-state index contributed by atoms with van der Waals surface area (Å²) >= 11 is 1.42. The Kier molecular flexibility index (Phi) is 5.52. The summed E-state index contributed by atoms with van der Waals surface area (Å²) in [5.41, 5.74) is 0.675. The van der Waals surface area contributed by atoms with Gasteiger partial charge in [-0.15, -0.1) is 11.3 Å². The van der Waals surface area contributed by atoms with Crippen molar-refractivity contribution in [2.24, 2.45) is 5.92 Å². The summed E-state index contributed by atoms with van der Waals surface area (Å²) in [5, 5.41) is 8.61. The minimum Gasteiger partial charge on any atom is -0.374 e. The molecule has 6 rings (SSSR count). The summed E-state index contributed by atoms with van der Waals surface area (Å²) < 4.78 is 35.7. The van der Waals surface area contributed by atoms with Crippen LogP contribution in [0.25, 0.3) is 10.2 Å². The second-order valence-corrected chi connectivity index (χ2v) is 10.7. The minimum atomic E-state index is -2.77. The van der Waals surface area contributed by atoms with Crippen LogP contribution in [0.5, 0.6) is 0 Å².